The highest BCUT2D eigenvalue weighted by Crippen LogP contribution is 2.25. The Balaban J connectivity index is 2.05. The topological polar surface area (TPSA) is 26.3 Å². The van der Waals surface area contributed by atoms with E-state index in [1.807, 2.05) is 18.2 Å². The quantitative estimate of drug-likeness (QED) is 0.792. The number of hydrogen-bond acceptors (Lipinski definition) is 2. The van der Waals surface area contributed by atoms with E-state index < -0.39 is 0 Å². The summed E-state index contributed by atoms with van der Waals surface area (Å²) >= 11 is 0. The van der Waals surface area contributed by atoms with E-state index in [2.05, 4.69) is 13.8 Å². The van der Waals surface area contributed by atoms with Crippen LogP contribution >= 0.6 is 0 Å². The van der Waals surface area contributed by atoms with E-state index in [9.17, 15) is 4.79 Å². The van der Waals surface area contributed by atoms with Crippen molar-refractivity contribution in [1.29, 1.82) is 0 Å². The van der Waals surface area contributed by atoms with Crippen LogP contribution in [0.3, 0.4) is 0 Å². The van der Waals surface area contributed by atoms with Gasteiger partial charge >= 0.3 is 0 Å². The molecule has 0 radical (unpaired) electrons. The standard InChI is InChI=1S/C15H20O2/c1-11(2)8-9-17-13-7-6-12-4-3-5-15(16)14(12)10-13/h6-7,10-11H,3-5,8-9H2,1-2H3. The third kappa shape index (κ3) is 3.09. The Morgan fingerprint density at radius 1 is 1.29 bits per heavy atom. The Labute approximate surface area is 103 Å². The average molecular weight is 232 g/mol. The molecule has 2 rings (SSSR count). The highest BCUT2D eigenvalue weighted by molar-refractivity contribution is 5.98. The molecule has 0 atom stereocenters. The first-order valence-electron chi connectivity index (χ1n) is 6.46. The lowest BCUT2D eigenvalue weighted by molar-refractivity contribution is 0.0972. The normalized spacial score (nSPS) is 14.9. The van der Waals surface area contributed by atoms with Crippen molar-refractivity contribution in [1.82, 2.24) is 0 Å². The molecule has 0 saturated heterocycles. The van der Waals surface area contributed by atoms with E-state index in [4.69, 9.17) is 4.74 Å². The zero-order valence-corrected chi connectivity index (χ0v) is 10.7. The number of ketones is 1. The minimum Gasteiger partial charge on any atom is -0.494 e. The van der Waals surface area contributed by atoms with Crippen molar-refractivity contribution >= 4 is 5.78 Å². The van der Waals surface area contributed by atoms with Crippen molar-refractivity contribution in [3.63, 3.8) is 0 Å². The summed E-state index contributed by atoms with van der Waals surface area (Å²) < 4.78 is 5.68. The lowest BCUT2D eigenvalue weighted by Gasteiger charge is -2.16. The number of carbonyl (C=O) groups is 1. The van der Waals surface area contributed by atoms with E-state index in [0.29, 0.717) is 12.3 Å². The highest BCUT2D eigenvalue weighted by Gasteiger charge is 2.17. The smallest absolute Gasteiger partial charge is 0.163 e. The molecule has 0 amide bonds. The van der Waals surface area contributed by atoms with Crippen LogP contribution in [0.5, 0.6) is 5.75 Å². The van der Waals surface area contributed by atoms with E-state index in [1.165, 1.54) is 5.56 Å². The van der Waals surface area contributed by atoms with Gasteiger partial charge < -0.3 is 4.74 Å². The summed E-state index contributed by atoms with van der Waals surface area (Å²) in [6.45, 7) is 5.09. The number of fused-ring (bicyclic) bond motifs is 1. The number of hydrogen-bond donors (Lipinski definition) is 0. The first kappa shape index (κ1) is 12.2. The van der Waals surface area contributed by atoms with Gasteiger partial charge in [-0.15, -0.1) is 0 Å². The van der Waals surface area contributed by atoms with Gasteiger partial charge in [0.05, 0.1) is 6.61 Å². The molecule has 2 nitrogen and oxygen atoms in total. The maximum absolute atomic E-state index is 11.8. The Morgan fingerprint density at radius 3 is 2.88 bits per heavy atom. The molecule has 0 spiro atoms. The lowest BCUT2D eigenvalue weighted by atomic mass is 9.90. The molecule has 0 heterocycles. The van der Waals surface area contributed by atoms with Gasteiger partial charge in [-0.3, -0.25) is 4.79 Å². The molecule has 0 bridgehead atoms. The van der Waals surface area contributed by atoms with E-state index in [-0.39, 0.29) is 5.78 Å². The second-order valence-corrected chi connectivity index (χ2v) is 5.13. The van der Waals surface area contributed by atoms with Crippen LogP contribution < -0.4 is 4.74 Å². The van der Waals surface area contributed by atoms with Crippen LogP contribution in [0.2, 0.25) is 0 Å². The Kier molecular flexibility index (Phi) is 3.82. The zero-order chi connectivity index (χ0) is 12.3. The highest BCUT2D eigenvalue weighted by atomic mass is 16.5. The van der Waals surface area contributed by atoms with E-state index in [0.717, 1.165) is 37.2 Å². The van der Waals surface area contributed by atoms with Gasteiger partial charge in [-0.1, -0.05) is 19.9 Å². The predicted molar refractivity (Wildman–Crippen MR) is 68.7 cm³/mol. The van der Waals surface area contributed by atoms with Crippen molar-refractivity contribution in [3.8, 4) is 5.75 Å². The molecule has 1 aromatic carbocycles. The molecule has 1 aromatic rings. The summed E-state index contributed by atoms with van der Waals surface area (Å²) in [5.41, 5.74) is 2.05. The summed E-state index contributed by atoms with van der Waals surface area (Å²) in [7, 11) is 0. The summed E-state index contributed by atoms with van der Waals surface area (Å²) in [6, 6.07) is 5.94. The van der Waals surface area contributed by atoms with Gasteiger partial charge in [0.2, 0.25) is 0 Å². The first-order valence-corrected chi connectivity index (χ1v) is 6.46. The Morgan fingerprint density at radius 2 is 2.12 bits per heavy atom. The average Bonchev–Trinajstić information content (AvgIpc) is 2.30. The van der Waals surface area contributed by atoms with Crippen molar-refractivity contribution in [2.75, 3.05) is 6.61 Å². The summed E-state index contributed by atoms with van der Waals surface area (Å²) in [4.78, 5) is 11.8. The van der Waals surface area contributed by atoms with Gasteiger partial charge in [0.1, 0.15) is 5.75 Å². The fraction of sp³-hybridized carbons (Fsp3) is 0.533. The molecule has 17 heavy (non-hydrogen) atoms. The van der Waals surface area contributed by atoms with Crippen LogP contribution in [0, 0.1) is 5.92 Å². The molecular weight excluding hydrogens is 212 g/mol. The van der Waals surface area contributed by atoms with Gasteiger partial charge in [-0.05, 0) is 42.9 Å². The van der Waals surface area contributed by atoms with E-state index >= 15 is 0 Å². The molecular formula is C15H20O2. The van der Waals surface area contributed by atoms with Crippen molar-refractivity contribution in [2.45, 2.75) is 39.5 Å². The minimum absolute atomic E-state index is 0.264. The summed E-state index contributed by atoms with van der Waals surface area (Å²) in [6.07, 6.45) is 3.74. The third-order valence-corrected chi connectivity index (χ3v) is 3.20. The van der Waals surface area contributed by atoms with Gasteiger partial charge in [0, 0.05) is 12.0 Å². The zero-order valence-electron chi connectivity index (χ0n) is 10.7. The fourth-order valence-corrected chi connectivity index (χ4v) is 2.11. The lowest BCUT2D eigenvalue weighted by Crippen LogP contribution is -2.11. The van der Waals surface area contributed by atoms with Crippen LogP contribution in [0.1, 0.15) is 49.0 Å². The van der Waals surface area contributed by atoms with Crippen molar-refractivity contribution in [3.05, 3.63) is 29.3 Å². The molecule has 0 saturated carbocycles. The second kappa shape index (κ2) is 5.35. The molecule has 0 fully saturated rings. The van der Waals surface area contributed by atoms with Gasteiger partial charge in [0.25, 0.3) is 0 Å². The molecule has 0 aliphatic heterocycles. The number of aryl methyl sites for hydroxylation is 1. The minimum atomic E-state index is 0.264. The summed E-state index contributed by atoms with van der Waals surface area (Å²) in [5, 5.41) is 0. The summed E-state index contributed by atoms with van der Waals surface area (Å²) in [5.74, 6) is 1.74. The molecule has 1 aliphatic carbocycles. The number of ether oxygens (including phenoxy) is 1. The Bertz CT molecular complexity index is 407. The van der Waals surface area contributed by atoms with Gasteiger partial charge in [-0.25, -0.2) is 0 Å². The number of benzene rings is 1. The maximum Gasteiger partial charge on any atom is 0.163 e. The fourth-order valence-electron chi connectivity index (χ4n) is 2.11. The predicted octanol–water partition coefficient (Wildman–Crippen LogP) is 3.63. The largest absolute Gasteiger partial charge is 0.494 e. The molecule has 2 heteroatoms. The van der Waals surface area contributed by atoms with Crippen LogP contribution in [-0.2, 0) is 6.42 Å². The Hall–Kier alpha value is -1.31. The number of Topliss-reactive ketones (excluding diaryl/α,β-unsaturated/α-hetero) is 1. The molecule has 92 valence electrons. The molecule has 0 unspecified atom stereocenters. The van der Waals surface area contributed by atoms with Crippen LogP contribution in [0.25, 0.3) is 0 Å². The number of carbonyl (C=O) groups excluding carboxylic acids is 1. The van der Waals surface area contributed by atoms with Crippen molar-refractivity contribution in [2.24, 2.45) is 5.92 Å². The van der Waals surface area contributed by atoms with Crippen LogP contribution in [0.15, 0.2) is 18.2 Å². The third-order valence-electron chi connectivity index (χ3n) is 3.20. The maximum atomic E-state index is 11.8. The molecule has 0 N–H and O–H groups in total. The number of rotatable bonds is 4. The molecule has 0 aromatic heterocycles. The monoisotopic (exact) mass is 232 g/mol. The SMILES string of the molecule is CC(C)CCOc1ccc2c(c1)C(=O)CCC2. The second-order valence-electron chi connectivity index (χ2n) is 5.13. The van der Waals surface area contributed by atoms with Gasteiger partial charge in [0.15, 0.2) is 5.78 Å². The van der Waals surface area contributed by atoms with Gasteiger partial charge in [-0.2, -0.15) is 0 Å². The van der Waals surface area contributed by atoms with Crippen LogP contribution in [0.4, 0.5) is 0 Å². The van der Waals surface area contributed by atoms with E-state index in [1.54, 1.807) is 0 Å². The van der Waals surface area contributed by atoms with Crippen LogP contribution in [-0.4, -0.2) is 12.4 Å². The first-order chi connectivity index (χ1) is 8.16. The molecule has 1 aliphatic rings. The van der Waals surface area contributed by atoms with Crippen molar-refractivity contribution < 1.29 is 9.53 Å².